The molecule has 58 heavy (non-hydrogen) atoms. The minimum absolute atomic E-state index is 0.0833. The van der Waals surface area contributed by atoms with Gasteiger partial charge in [-0.05, 0) is 83.5 Å². The SMILES string of the molecule is CC/C=C\C/C=C\C/C=C\CCCCCCCCCC(=O)OCC(COC(=O)CCCCCCCC)OC(=O)CCCCCCCCC/C=C\C/C=C\C/C=C\CC. The van der Waals surface area contributed by atoms with Crippen LogP contribution in [0, 0.1) is 0 Å². The summed E-state index contributed by atoms with van der Waals surface area (Å²) in [6.45, 7) is 6.33. The average molecular weight is 809 g/mol. The van der Waals surface area contributed by atoms with E-state index in [9.17, 15) is 14.4 Å². The number of carbonyl (C=O) groups is 3. The molecule has 0 amide bonds. The van der Waals surface area contributed by atoms with Crippen LogP contribution in [0.25, 0.3) is 0 Å². The molecule has 0 saturated heterocycles. The van der Waals surface area contributed by atoms with Crippen molar-refractivity contribution >= 4 is 17.9 Å². The second-order valence-corrected chi connectivity index (χ2v) is 15.6. The Morgan fingerprint density at radius 3 is 1.05 bits per heavy atom. The quantitative estimate of drug-likeness (QED) is 0.0264. The Morgan fingerprint density at radius 1 is 0.362 bits per heavy atom. The summed E-state index contributed by atoms with van der Waals surface area (Å²) in [6.07, 6.45) is 57.6. The summed E-state index contributed by atoms with van der Waals surface area (Å²) in [4.78, 5) is 37.7. The summed E-state index contributed by atoms with van der Waals surface area (Å²) >= 11 is 0. The highest BCUT2D eigenvalue weighted by atomic mass is 16.6. The molecular weight excluding hydrogens is 721 g/mol. The van der Waals surface area contributed by atoms with E-state index in [0.29, 0.717) is 19.3 Å². The van der Waals surface area contributed by atoms with E-state index in [1.54, 1.807) is 0 Å². The van der Waals surface area contributed by atoms with Gasteiger partial charge >= 0.3 is 17.9 Å². The third-order valence-electron chi connectivity index (χ3n) is 9.96. The summed E-state index contributed by atoms with van der Waals surface area (Å²) in [6, 6.07) is 0. The zero-order chi connectivity index (χ0) is 42.3. The van der Waals surface area contributed by atoms with Gasteiger partial charge in [-0.1, -0.05) is 190 Å². The van der Waals surface area contributed by atoms with Gasteiger partial charge in [-0.15, -0.1) is 0 Å². The monoisotopic (exact) mass is 809 g/mol. The maximum absolute atomic E-state index is 12.7. The van der Waals surface area contributed by atoms with Crippen LogP contribution in [-0.2, 0) is 28.6 Å². The molecule has 0 spiro atoms. The van der Waals surface area contributed by atoms with Gasteiger partial charge < -0.3 is 14.2 Å². The van der Waals surface area contributed by atoms with E-state index in [1.807, 2.05) is 0 Å². The summed E-state index contributed by atoms with van der Waals surface area (Å²) < 4.78 is 16.7. The molecule has 0 fully saturated rings. The van der Waals surface area contributed by atoms with Gasteiger partial charge in [0.15, 0.2) is 6.10 Å². The number of unbranched alkanes of at least 4 members (excludes halogenated alkanes) is 19. The lowest BCUT2D eigenvalue weighted by Crippen LogP contribution is -2.30. The average Bonchev–Trinajstić information content (AvgIpc) is 3.22. The molecule has 1 atom stereocenters. The first-order chi connectivity index (χ1) is 28.5. The van der Waals surface area contributed by atoms with Gasteiger partial charge in [0, 0.05) is 19.3 Å². The van der Waals surface area contributed by atoms with E-state index in [4.69, 9.17) is 14.2 Å². The topological polar surface area (TPSA) is 78.9 Å². The predicted molar refractivity (Wildman–Crippen MR) is 247 cm³/mol. The molecule has 0 N–H and O–H groups in total. The summed E-state index contributed by atoms with van der Waals surface area (Å²) in [7, 11) is 0. The highest BCUT2D eigenvalue weighted by molar-refractivity contribution is 5.71. The molecule has 1 unspecified atom stereocenters. The Hall–Kier alpha value is -3.15. The van der Waals surface area contributed by atoms with Crippen LogP contribution in [0.2, 0.25) is 0 Å². The summed E-state index contributed by atoms with van der Waals surface area (Å²) in [5.41, 5.74) is 0. The Labute approximate surface area is 357 Å². The van der Waals surface area contributed by atoms with Crippen LogP contribution in [0.3, 0.4) is 0 Å². The fourth-order valence-electron chi connectivity index (χ4n) is 6.41. The van der Waals surface area contributed by atoms with E-state index >= 15 is 0 Å². The molecule has 6 nitrogen and oxygen atoms in total. The molecule has 0 aliphatic carbocycles. The van der Waals surface area contributed by atoms with E-state index in [-0.39, 0.29) is 31.1 Å². The smallest absolute Gasteiger partial charge is 0.306 e. The summed E-state index contributed by atoms with van der Waals surface area (Å²) in [5.74, 6) is -0.915. The molecule has 0 aromatic heterocycles. The van der Waals surface area contributed by atoms with Crippen molar-refractivity contribution < 1.29 is 28.6 Å². The van der Waals surface area contributed by atoms with Crippen molar-refractivity contribution in [2.24, 2.45) is 0 Å². The molecule has 0 bridgehead atoms. The van der Waals surface area contributed by atoms with Crippen molar-refractivity contribution in [3.05, 3.63) is 72.9 Å². The number of rotatable bonds is 42. The van der Waals surface area contributed by atoms with Crippen LogP contribution in [-0.4, -0.2) is 37.2 Å². The molecule has 0 aromatic rings. The van der Waals surface area contributed by atoms with Gasteiger partial charge in [0.05, 0.1) is 0 Å². The fraction of sp³-hybridized carbons (Fsp3) is 0.712. The largest absolute Gasteiger partial charge is 0.462 e. The van der Waals surface area contributed by atoms with Crippen molar-refractivity contribution in [3.63, 3.8) is 0 Å². The second-order valence-electron chi connectivity index (χ2n) is 15.6. The van der Waals surface area contributed by atoms with Crippen molar-refractivity contribution in [1.82, 2.24) is 0 Å². The number of hydrogen-bond donors (Lipinski definition) is 0. The van der Waals surface area contributed by atoms with Crippen LogP contribution in [0.1, 0.15) is 220 Å². The van der Waals surface area contributed by atoms with Crippen LogP contribution in [0.5, 0.6) is 0 Å². The first-order valence-electron chi connectivity index (χ1n) is 23.9. The maximum Gasteiger partial charge on any atom is 0.306 e. The lowest BCUT2D eigenvalue weighted by molar-refractivity contribution is -0.167. The number of hydrogen-bond acceptors (Lipinski definition) is 6. The molecular formula is C52H88O6. The first-order valence-corrected chi connectivity index (χ1v) is 23.9. The van der Waals surface area contributed by atoms with E-state index in [2.05, 4.69) is 93.7 Å². The van der Waals surface area contributed by atoms with Crippen LogP contribution in [0.15, 0.2) is 72.9 Å². The standard InChI is InChI=1S/C52H88O6/c1-4-7-10-13-16-18-20-22-24-26-28-30-32-34-36-39-42-45-51(54)57-48-49(47-56-50(53)44-41-38-15-12-9-6-3)58-52(55)46-43-40-37-35-33-31-29-27-25-23-21-19-17-14-11-8-5-2/h7-8,10-11,16-19,22-25,49H,4-6,9,12-15,20-21,26-48H2,1-3H3/b10-7-,11-8-,18-16-,19-17-,24-22-,25-23-. The molecule has 0 aliphatic rings. The molecule has 0 aromatic carbocycles. The molecule has 332 valence electrons. The highest BCUT2D eigenvalue weighted by Gasteiger charge is 2.19. The van der Waals surface area contributed by atoms with Crippen molar-refractivity contribution in [3.8, 4) is 0 Å². The van der Waals surface area contributed by atoms with Gasteiger partial charge in [-0.2, -0.15) is 0 Å². The fourth-order valence-corrected chi connectivity index (χ4v) is 6.41. The van der Waals surface area contributed by atoms with Gasteiger partial charge in [0.2, 0.25) is 0 Å². The number of ether oxygens (including phenoxy) is 3. The Kier molecular flexibility index (Phi) is 44.0. The Morgan fingerprint density at radius 2 is 0.672 bits per heavy atom. The normalized spacial score (nSPS) is 12.7. The molecule has 0 aliphatic heterocycles. The van der Waals surface area contributed by atoms with E-state index in [1.165, 1.54) is 70.6 Å². The van der Waals surface area contributed by atoms with Crippen molar-refractivity contribution in [1.29, 1.82) is 0 Å². The van der Waals surface area contributed by atoms with Gasteiger partial charge in [-0.3, -0.25) is 14.4 Å². The minimum atomic E-state index is -0.780. The summed E-state index contributed by atoms with van der Waals surface area (Å²) in [5, 5.41) is 0. The number of allylic oxidation sites excluding steroid dienone is 12. The maximum atomic E-state index is 12.7. The van der Waals surface area contributed by atoms with Gasteiger partial charge in [0.1, 0.15) is 13.2 Å². The van der Waals surface area contributed by atoms with Crippen LogP contribution >= 0.6 is 0 Å². The molecule has 0 rings (SSSR count). The van der Waals surface area contributed by atoms with Gasteiger partial charge in [-0.25, -0.2) is 0 Å². The molecule has 0 heterocycles. The first kappa shape index (κ1) is 54.9. The van der Waals surface area contributed by atoms with E-state index < -0.39 is 6.10 Å². The van der Waals surface area contributed by atoms with Crippen molar-refractivity contribution in [2.45, 2.75) is 226 Å². The zero-order valence-electron chi connectivity index (χ0n) is 37.8. The third kappa shape index (κ3) is 44.0. The number of esters is 3. The zero-order valence-corrected chi connectivity index (χ0v) is 37.8. The van der Waals surface area contributed by atoms with Crippen LogP contribution < -0.4 is 0 Å². The number of carbonyl (C=O) groups excluding carboxylic acids is 3. The van der Waals surface area contributed by atoms with Gasteiger partial charge in [0.25, 0.3) is 0 Å². The Balaban J connectivity index is 4.28. The lowest BCUT2D eigenvalue weighted by Gasteiger charge is -2.18. The van der Waals surface area contributed by atoms with Crippen molar-refractivity contribution in [2.75, 3.05) is 13.2 Å². The molecule has 0 saturated carbocycles. The highest BCUT2D eigenvalue weighted by Crippen LogP contribution is 2.14. The van der Waals surface area contributed by atoms with E-state index in [0.717, 1.165) is 109 Å². The lowest BCUT2D eigenvalue weighted by atomic mass is 10.1. The second kappa shape index (κ2) is 46.5. The molecule has 6 heteroatoms. The third-order valence-corrected chi connectivity index (χ3v) is 9.96. The Bertz CT molecular complexity index is 1110. The predicted octanol–water partition coefficient (Wildman–Crippen LogP) is 15.5. The van der Waals surface area contributed by atoms with Crippen LogP contribution in [0.4, 0.5) is 0 Å². The minimum Gasteiger partial charge on any atom is -0.462 e. The molecule has 0 radical (unpaired) electrons.